The molecule has 4 aromatic rings. The average molecular weight is 574 g/mol. The second-order valence-corrected chi connectivity index (χ2v) is 9.02. The lowest BCUT2D eigenvalue weighted by Gasteiger charge is -2.14. The highest BCUT2D eigenvalue weighted by Gasteiger charge is 2.22. The molecule has 0 aliphatic rings. The molecule has 0 fully saturated rings. The maximum Gasteiger partial charge on any atom is 0.332 e. The fourth-order valence-electron chi connectivity index (χ4n) is 3.97. The lowest BCUT2D eigenvalue weighted by atomic mass is 10.0. The maximum atomic E-state index is 13.5. The van der Waals surface area contributed by atoms with Gasteiger partial charge in [-0.3, -0.25) is 18.5 Å². The van der Waals surface area contributed by atoms with Gasteiger partial charge in [-0.05, 0) is 29.5 Å². The van der Waals surface area contributed by atoms with Gasteiger partial charge in [0.15, 0.2) is 11.2 Å². The van der Waals surface area contributed by atoms with Crippen molar-refractivity contribution in [2.75, 3.05) is 6.61 Å². The Hall–Kier alpha value is -2.92. The molecule has 2 aromatic carbocycles. The van der Waals surface area contributed by atoms with Gasteiger partial charge in [0.1, 0.15) is 28.8 Å². The molecule has 4 rings (SSSR count). The van der Waals surface area contributed by atoms with Gasteiger partial charge in [-0.1, -0.05) is 62.4 Å². The number of fused-ring (bicyclic) bond motifs is 1. The van der Waals surface area contributed by atoms with E-state index in [9.17, 15) is 9.59 Å². The average Bonchev–Trinajstić information content (AvgIpc) is 3.18. The molecule has 0 radical (unpaired) electrons. The van der Waals surface area contributed by atoms with Crippen LogP contribution in [0.3, 0.4) is 0 Å². The van der Waals surface area contributed by atoms with E-state index in [4.69, 9.17) is 7.80 Å². The number of nitrogens with zero attached hydrogens (tertiary/aromatic N) is 4. The quantitative estimate of drug-likeness (QED) is 0.216. The summed E-state index contributed by atoms with van der Waals surface area (Å²) in [5.74, 6) is 0.913. The molecule has 0 amide bonds. The first kappa shape index (κ1) is 24.2. The number of halogens is 1. The molecule has 8 nitrogen and oxygen atoms in total. The zero-order valence-electron chi connectivity index (χ0n) is 19.4. The van der Waals surface area contributed by atoms with Gasteiger partial charge in [-0.25, -0.2) is 4.79 Å². The molecule has 0 unspecified atom stereocenters. The van der Waals surface area contributed by atoms with E-state index in [2.05, 4.69) is 18.8 Å². The Balaban J connectivity index is 1.92. The predicted molar refractivity (Wildman–Crippen MR) is 140 cm³/mol. The van der Waals surface area contributed by atoms with E-state index in [-0.39, 0.29) is 24.0 Å². The van der Waals surface area contributed by atoms with E-state index >= 15 is 0 Å². The van der Waals surface area contributed by atoms with E-state index in [0.29, 0.717) is 36.5 Å². The van der Waals surface area contributed by atoms with Gasteiger partial charge in [0, 0.05) is 13.6 Å². The van der Waals surface area contributed by atoms with E-state index in [1.807, 2.05) is 54.6 Å². The molecule has 0 aliphatic carbocycles. The van der Waals surface area contributed by atoms with Crippen molar-refractivity contribution in [2.24, 2.45) is 7.05 Å². The summed E-state index contributed by atoms with van der Waals surface area (Å²) < 4.78 is 15.8. The molecular weight excluding hydrogens is 547 g/mol. The zero-order chi connectivity index (χ0) is 24.2. The van der Waals surface area contributed by atoms with Gasteiger partial charge in [0.25, 0.3) is 5.56 Å². The standard InChI is InChI=1S/C25H27IN4O4/c1-17(2)19-12-7-8-13-20(19)34-24-27-22-21(30(24)16-18-10-5-4-6-11-18)23(31)29(14-9-15-33-26)25(32)28(22)3/h4-8,10-13,17H,9,14-16H2,1-3H3. The minimum Gasteiger partial charge on any atom is -0.425 e. The highest BCUT2D eigenvalue weighted by atomic mass is 127. The van der Waals surface area contributed by atoms with E-state index in [0.717, 1.165) is 11.1 Å². The van der Waals surface area contributed by atoms with Gasteiger partial charge in [-0.15, -0.1) is 0 Å². The number of ether oxygens (including phenoxy) is 1. The Bertz CT molecular complexity index is 1410. The third-order valence-corrected chi connectivity index (χ3v) is 6.17. The Morgan fingerprint density at radius 1 is 1.00 bits per heavy atom. The van der Waals surface area contributed by atoms with Crippen LogP contribution in [-0.4, -0.2) is 25.3 Å². The number of rotatable bonds is 9. The van der Waals surface area contributed by atoms with Crippen LogP contribution in [0.5, 0.6) is 11.8 Å². The SMILES string of the molecule is CC(C)c1ccccc1Oc1nc2c(c(=O)n(CCCOI)c(=O)n2C)n1Cc1ccccc1. The zero-order valence-corrected chi connectivity index (χ0v) is 21.6. The van der Waals surface area contributed by atoms with Crippen molar-refractivity contribution in [3.8, 4) is 11.8 Å². The lowest BCUT2D eigenvalue weighted by molar-refractivity contribution is 0.389. The van der Waals surface area contributed by atoms with Crippen LogP contribution >= 0.6 is 23.0 Å². The molecular formula is C25H27IN4O4. The first-order valence-corrected chi connectivity index (χ1v) is 12.0. The number of imidazole rings is 1. The summed E-state index contributed by atoms with van der Waals surface area (Å²) in [6, 6.07) is 17.9. The first-order valence-electron chi connectivity index (χ1n) is 11.2. The minimum absolute atomic E-state index is 0.241. The van der Waals surface area contributed by atoms with Crippen molar-refractivity contribution < 1.29 is 7.80 Å². The summed E-state index contributed by atoms with van der Waals surface area (Å²) in [4.78, 5) is 31.1. The predicted octanol–water partition coefficient (Wildman–Crippen LogP) is 4.62. The van der Waals surface area contributed by atoms with E-state index in [1.165, 1.54) is 9.13 Å². The van der Waals surface area contributed by atoms with Crippen LogP contribution in [-0.2, 0) is 23.2 Å². The Morgan fingerprint density at radius 2 is 1.71 bits per heavy atom. The van der Waals surface area contributed by atoms with Gasteiger partial charge < -0.3 is 7.80 Å². The van der Waals surface area contributed by atoms with E-state index < -0.39 is 5.69 Å². The van der Waals surface area contributed by atoms with Crippen LogP contribution in [0.2, 0.25) is 0 Å². The second-order valence-electron chi connectivity index (χ2n) is 8.40. The molecule has 0 bridgehead atoms. The minimum atomic E-state index is -0.413. The van der Waals surface area contributed by atoms with Crippen molar-refractivity contribution in [3.05, 3.63) is 86.6 Å². The van der Waals surface area contributed by atoms with Crippen molar-refractivity contribution in [2.45, 2.75) is 39.3 Å². The summed E-state index contributed by atoms with van der Waals surface area (Å²) in [6.07, 6.45) is 0.543. The molecule has 178 valence electrons. The molecule has 0 spiro atoms. The number of hydrogen-bond acceptors (Lipinski definition) is 5. The molecule has 0 atom stereocenters. The van der Waals surface area contributed by atoms with Crippen molar-refractivity contribution >= 4 is 34.2 Å². The number of aromatic nitrogens is 4. The highest BCUT2D eigenvalue weighted by Crippen LogP contribution is 2.31. The summed E-state index contributed by atoms with van der Waals surface area (Å²) in [5, 5.41) is 0. The maximum absolute atomic E-state index is 13.5. The Morgan fingerprint density at radius 3 is 2.41 bits per heavy atom. The number of hydrogen-bond donors (Lipinski definition) is 0. The van der Waals surface area contributed by atoms with Gasteiger partial charge in [-0.2, -0.15) is 4.98 Å². The molecule has 0 N–H and O–H groups in total. The normalized spacial score (nSPS) is 11.4. The van der Waals surface area contributed by atoms with Crippen molar-refractivity contribution in [3.63, 3.8) is 0 Å². The largest absolute Gasteiger partial charge is 0.425 e. The summed E-state index contributed by atoms with van der Waals surface area (Å²) >= 11 is 1.81. The van der Waals surface area contributed by atoms with Crippen LogP contribution in [0.1, 0.15) is 37.3 Å². The molecule has 2 aromatic heterocycles. The summed E-state index contributed by atoms with van der Waals surface area (Å²) in [5.41, 5.74) is 1.85. The number of para-hydroxylation sites is 1. The Labute approximate surface area is 211 Å². The smallest absolute Gasteiger partial charge is 0.332 e. The fourth-order valence-corrected chi connectivity index (χ4v) is 4.28. The van der Waals surface area contributed by atoms with Crippen LogP contribution in [0.15, 0.2) is 64.2 Å². The molecule has 34 heavy (non-hydrogen) atoms. The third-order valence-electron chi connectivity index (χ3n) is 5.73. The monoisotopic (exact) mass is 574 g/mol. The topological polar surface area (TPSA) is 80.3 Å². The Kier molecular flexibility index (Phi) is 7.52. The third kappa shape index (κ3) is 4.80. The van der Waals surface area contributed by atoms with Crippen LogP contribution in [0.4, 0.5) is 0 Å². The number of aryl methyl sites for hydroxylation is 1. The second kappa shape index (κ2) is 10.6. The van der Waals surface area contributed by atoms with Crippen molar-refractivity contribution in [1.29, 1.82) is 0 Å². The van der Waals surface area contributed by atoms with Crippen LogP contribution < -0.4 is 16.0 Å². The van der Waals surface area contributed by atoms with Gasteiger partial charge in [0.05, 0.1) is 13.2 Å². The van der Waals surface area contributed by atoms with Crippen molar-refractivity contribution in [1.82, 2.24) is 18.7 Å². The first-order chi connectivity index (χ1) is 16.4. The molecule has 0 saturated heterocycles. The molecule has 0 aliphatic heterocycles. The summed E-state index contributed by atoms with van der Waals surface area (Å²) in [6.45, 7) is 5.26. The van der Waals surface area contributed by atoms with Crippen LogP contribution in [0.25, 0.3) is 11.2 Å². The van der Waals surface area contributed by atoms with E-state index in [1.54, 1.807) is 34.6 Å². The lowest BCUT2D eigenvalue weighted by Crippen LogP contribution is -2.39. The fraction of sp³-hybridized carbons (Fsp3) is 0.320. The van der Waals surface area contributed by atoms with Gasteiger partial charge in [0.2, 0.25) is 0 Å². The molecule has 9 heteroatoms. The highest BCUT2D eigenvalue weighted by molar-refractivity contribution is 14.1. The number of benzene rings is 2. The molecule has 2 heterocycles. The molecule has 0 saturated carbocycles. The van der Waals surface area contributed by atoms with Crippen LogP contribution in [0, 0.1) is 0 Å². The summed E-state index contributed by atoms with van der Waals surface area (Å²) in [7, 11) is 1.63. The van der Waals surface area contributed by atoms with Gasteiger partial charge >= 0.3 is 11.7 Å².